The molecule has 0 N–H and O–H groups in total. The van der Waals surface area contributed by atoms with Crippen LogP contribution in [0.2, 0.25) is 0 Å². The van der Waals surface area contributed by atoms with Gasteiger partial charge in [0.05, 0.1) is 11.0 Å². The molecule has 2 heteroatoms. The third-order valence-electron chi connectivity index (χ3n) is 14.1. The first-order valence-electron chi connectivity index (χ1n) is 23.4. The maximum atomic E-state index is 2.45. The van der Waals surface area contributed by atoms with Gasteiger partial charge in [0.1, 0.15) is 0 Å². The summed E-state index contributed by atoms with van der Waals surface area (Å²) >= 11 is 1.92. The van der Waals surface area contributed by atoms with E-state index in [4.69, 9.17) is 0 Å². The van der Waals surface area contributed by atoms with Crippen LogP contribution in [0, 0.1) is 0 Å². The molecular weight excluding hydrogens is 839 g/mol. The van der Waals surface area contributed by atoms with E-state index < -0.39 is 0 Å². The number of hydrogen-bond acceptors (Lipinski definition) is 1. The van der Waals surface area contributed by atoms with Gasteiger partial charge in [0, 0.05) is 47.8 Å². The summed E-state index contributed by atoms with van der Waals surface area (Å²) in [6.45, 7) is 0. The molecule has 1 nitrogen and oxygen atoms in total. The first-order chi connectivity index (χ1) is 33.7. The van der Waals surface area contributed by atoms with Crippen LogP contribution in [0.5, 0.6) is 0 Å². The molecule has 0 aliphatic rings. The first kappa shape index (κ1) is 38.7. The van der Waals surface area contributed by atoms with E-state index in [0.717, 1.165) is 5.69 Å². The molecule has 0 amide bonds. The van der Waals surface area contributed by atoms with E-state index in [-0.39, 0.29) is 0 Å². The lowest BCUT2D eigenvalue weighted by Crippen LogP contribution is -1.94. The number of benzene rings is 12. The Labute approximate surface area is 398 Å². The first-order valence-corrected chi connectivity index (χ1v) is 24.2. The molecule has 0 spiro atoms. The van der Waals surface area contributed by atoms with Crippen molar-refractivity contribution in [2.45, 2.75) is 0 Å². The van der Waals surface area contributed by atoms with E-state index in [1.54, 1.807) is 0 Å². The van der Waals surface area contributed by atoms with Crippen molar-refractivity contribution in [3.63, 3.8) is 0 Å². The third-order valence-corrected chi connectivity index (χ3v) is 15.4. The van der Waals surface area contributed by atoms with Crippen molar-refractivity contribution in [2.75, 3.05) is 0 Å². The number of nitrogens with zero attached hydrogens (tertiary/aromatic N) is 1. The van der Waals surface area contributed by atoms with Crippen LogP contribution in [-0.2, 0) is 0 Å². The van der Waals surface area contributed by atoms with Gasteiger partial charge < -0.3 is 4.57 Å². The zero-order valence-corrected chi connectivity index (χ0v) is 37.8. The molecular formula is C66H41NS. The fraction of sp³-hybridized carbons (Fsp3) is 0. The fourth-order valence-electron chi connectivity index (χ4n) is 11.0. The average Bonchev–Trinajstić information content (AvgIpc) is 3.96. The molecule has 2 aromatic heterocycles. The van der Waals surface area contributed by atoms with Gasteiger partial charge in [0.25, 0.3) is 0 Å². The molecule has 14 aromatic rings. The predicted molar refractivity (Wildman–Crippen MR) is 293 cm³/mol. The second-order valence-electron chi connectivity index (χ2n) is 18.0. The number of para-hydroxylation sites is 1. The molecule has 0 saturated heterocycles. The molecule has 14 rings (SSSR count). The van der Waals surface area contributed by atoms with E-state index in [2.05, 4.69) is 253 Å². The minimum atomic E-state index is 1.14. The van der Waals surface area contributed by atoms with Crippen molar-refractivity contribution < 1.29 is 0 Å². The molecule has 0 radical (unpaired) electrons. The molecule has 68 heavy (non-hydrogen) atoms. The number of thiophene rings is 1. The van der Waals surface area contributed by atoms with Crippen molar-refractivity contribution in [1.29, 1.82) is 0 Å². The van der Waals surface area contributed by atoms with Crippen molar-refractivity contribution in [3.05, 3.63) is 249 Å². The van der Waals surface area contributed by atoms with E-state index in [1.807, 2.05) is 11.3 Å². The Balaban J connectivity index is 0.963. The Morgan fingerprint density at radius 1 is 0.221 bits per heavy atom. The van der Waals surface area contributed by atoms with Gasteiger partial charge in [0.2, 0.25) is 0 Å². The monoisotopic (exact) mass is 879 g/mol. The second-order valence-corrected chi connectivity index (χ2v) is 19.0. The number of rotatable bonds is 6. The lowest BCUT2D eigenvalue weighted by atomic mass is 9.92. The molecule has 0 atom stereocenters. The Morgan fingerprint density at radius 3 is 1.26 bits per heavy atom. The van der Waals surface area contributed by atoms with Gasteiger partial charge in [-0.05, 0) is 137 Å². The minimum absolute atomic E-state index is 1.14. The van der Waals surface area contributed by atoms with E-state index in [1.165, 1.54) is 130 Å². The van der Waals surface area contributed by atoms with Crippen molar-refractivity contribution in [1.82, 2.24) is 4.57 Å². The Bertz CT molecular complexity index is 4260. The highest BCUT2D eigenvalue weighted by Crippen LogP contribution is 2.48. The fourth-order valence-corrected chi connectivity index (χ4v) is 12.3. The molecule has 316 valence electrons. The van der Waals surface area contributed by atoms with Gasteiger partial charge in [-0.1, -0.05) is 188 Å². The van der Waals surface area contributed by atoms with Gasteiger partial charge in [-0.25, -0.2) is 0 Å². The van der Waals surface area contributed by atoms with Crippen molar-refractivity contribution >= 4 is 85.6 Å². The highest BCUT2D eigenvalue weighted by atomic mass is 32.1. The van der Waals surface area contributed by atoms with E-state index >= 15 is 0 Å². The lowest BCUT2D eigenvalue weighted by molar-refractivity contribution is 1.18. The van der Waals surface area contributed by atoms with Crippen LogP contribution in [0.15, 0.2) is 249 Å². The molecule has 0 unspecified atom stereocenters. The standard InChI is InChI=1S/C66H41NS/c1-4-17-42(18-5-1)48-38-57(44-21-8-3-9-22-44)65-61(40-48)62-41-49(43-19-6-2-7-20-43)39-58(66(62)68-65)47-32-34-64-60(37-47)56-29-14-15-30-63(56)67(64)50-24-16-23-45(35-50)46-31-33-55-53-27-11-10-25-51(53)52-26-12-13-28-54(52)59(55)36-46/h1-41H. The Morgan fingerprint density at radius 2 is 0.647 bits per heavy atom. The number of fused-ring (bicyclic) bond motifs is 12. The van der Waals surface area contributed by atoms with Gasteiger partial charge in [-0.2, -0.15) is 0 Å². The van der Waals surface area contributed by atoms with Crippen molar-refractivity contribution in [2.24, 2.45) is 0 Å². The number of aromatic nitrogens is 1. The predicted octanol–water partition coefficient (Wildman–Crippen LogP) is 18.9. The summed E-state index contributed by atoms with van der Waals surface area (Å²) in [7, 11) is 0. The second kappa shape index (κ2) is 15.5. The van der Waals surface area contributed by atoms with E-state index in [9.17, 15) is 0 Å². The molecule has 0 saturated carbocycles. The highest BCUT2D eigenvalue weighted by molar-refractivity contribution is 7.27. The van der Waals surface area contributed by atoms with Crippen LogP contribution in [0.3, 0.4) is 0 Å². The largest absolute Gasteiger partial charge is 0.309 e. The van der Waals surface area contributed by atoms with Crippen LogP contribution >= 0.6 is 11.3 Å². The summed E-state index contributed by atoms with van der Waals surface area (Å²) in [5.41, 5.74) is 15.8. The summed E-state index contributed by atoms with van der Waals surface area (Å²) in [6.07, 6.45) is 0. The summed E-state index contributed by atoms with van der Waals surface area (Å²) < 4.78 is 5.06. The maximum Gasteiger partial charge on any atom is 0.0541 e. The minimum Gasteiger partial charge on any atom is -0.309 e. The quantitative estimate of drug-likeness (QED) is 0.147. The van der Waals surface area contributed by atoms with Gasteiger partial charge in [0.15, 0.2) is 0 Å². The zero-order chi connectivity index (χ0) is 44.7. The molecule has 2 heterocycles. The molecule has 0 fully saturated rings. The van der Waals surface area contributed by atoms with Crippen LogP contribution in [0.25, 0.3) is 136 Å². The highest BCUT2D eigenvalue weighted by Gasteiger charge is 2.20. The summed E-state index contributed by atoms with van der Waals surface area (Å²) in [5, 5.41) is 12.8. The molecule has 0 aliphatic heterocycles. The Kier molecular flexibility index (Phi) is 8.83. The van der Waals surface area contributed by atoms with Crippen LogP contribution in [0.4, 0.5) is 0 Å². The Hall–Kier alpha value is -8.56. The number of hydrogen-bond donors (Lipinski definition) is 0. The van der Waals surface area contributed by atoms with Crippen LogP contribution in [-0.4, -0.2) is 4.57 Å². The van der Waals surface area contributed by atoms with Crippen LogP contribution in [0.1, 0.15) is 0 Å². The zero-order valence-electron chi connectivity index (χ0n) is 37.0. The smallest absolute Gasteiger partial charge is 0.0541 e. The lowest BCUT2D eigenvalue weighted by Gasteiger charge is -2.13. The summed E-state index contributed by atoms with van der Waals surface area (Å²) in [4.78, 5) is 0. The molecule has 0 aliphatic carbocycles. The van der Waals surface area contributed by atoms with Gasteiger partial charge in [-0.15, -0.1) is 11.3 Å². The average molecular weight is 880 g/mol. The van der Waals surface area contributed by atoms with Crippen LogP contribution < -0.4 is 0 Å². The molecule has 0 bridgehead atoms. The topological polar surface area (TPSA) is 4.93 Å². The van der Waals surface area contributed by atoms with E-state index in [0.29, 0.717) is 0 Å². The normalized spacial score (nSPS) is 11.8. The summed E-state index contributed by atoms with van der Waals surface area (Å²) in [6, 6.07) is 92.0. The van der Waals surface area contributed by atoms with Gasteiger partial charge in [-0.3, -0.25) is 0 Å². The maximum absolute atomic E-state index is 2.45. The van der Waals surface area contributed by atoms with Gasteiger partial charge >= 0.3 is 0 Å². The SMILES string of the molecule is c1ccc(-c2cc(-c3ccccc3)c3sc4c(-c5ccc6c(c5)c5ccccc5n6-c5cccc(-c6ccc7c8ccccc8c8ccccc8c7c6)c5)cc(-c5ccccc5)cc4c3c2)cc1. The third kappa shape index (κ3) is 6.15. The van der Waals surface area contributed by atoms with Crippen molar-refractivity contribution in [3.8, 4) is 61.3 Å². The molecule has 12 aromatic carbocycles. The summed E-state index contributed by atoms with van der Waals surface area (Å²) in [5.74, 6) is 0.